The van der Waals surface area contributed by atoms with Crippen molar-refractivity contribution >= 4 is 11.9 Å². The SMILES string of the molecule is CCCCCCCCCCCCCCCC(=O)O[N+](C)(C)OC(=O)CCCCCCCCCCCCCCC. The molecule has 0 aromatic heterocycles. The number of hydroxylamine groups is 4. The van der Waals surface area contributed by atoms with Crippen LogP contribution in [0.4, 0.5) is 0 Å². The minimum absolute atomic E-state index is 0.295. The van der Waals surface area contributed by atoms with E-state index in [1.807, 2.05) is 0 Å². The summed E-state index contributed by atoms with van der Waals surface area (Å²) in [6.45, 7) is 4.53. The van der Waals surface area contributed by atoms with Gasteiger partial charge in [0.25, 0.3) is 0 Å². The number of quaternary nitrogens is 1. The maximum absolute atomic E-state index is 12.2. The van der Waals surface area contributed by atoms with Gasteiger partial charge in [0.15, 0.2) is 14.1 Å². The Labute approximate surface area is 243 Å². The molecular formula is C34H68NO4+. The summed E-state index contributed by atoms with van der Waals surface area (Å²) in [5.74, 6) is -0.589. The predicted octanol–water partition coefficient (Wildman–Crippen LogP) is 10.9. The summed E-state index contributed by atoms with van der Waals surface area (Å²) >= 11 is 0. The summed E-state index contributed by atoms with van der Waals surface area (Å²) in [7, 11) is 3.20. The number of rotatable bonds is 30. The first-order valence-electron chi connectivity index (χ1n) is 17.2. The number of carbonyl (C=O) groups excluding carboxylic acids is 2. The maximum Gasteiger partial charge on any atom is 0.372 e. The van der Waals surface area contributed by atoms with Crippen molar-refractivity contribution in [2.45, 2.75) is 194 Å². The zero-order valence-electron chi connectivity index (χ0n) is 26.9. The number of unbranched alkanes of at least 4 members (excludes halogenated alkanes) is 24. The molecule has 0 aliphatic rings. The summed E-state index contributed by atoms with van der Waals surface area (Å²) in [6, 6.07) is 0. The van der Waals surface area contributed by atoms with Crippen molar-refractivity contribution in [2.24, 2.45) is 0 Å². The number of hydrogen-bond acceptors (Lipinski definition) is 4. The zero-order chi connectivity index (χ0) is 28.9. The Kier molecular flexibility index (Phi) is 27.6. The van der Waals surface area contributed by atoms with Gasteiger partial charge < -0.3 is 0 Å². The van der Waals surface area contributed by atoms with E-state index in [1.165, 1.54) is 141 Å². The average molecular weight is 555 g/mol. The lowest BCUT2D eigenvalue weighted by Gasteiger charge is -2.22. The Morgan fingerprint density at radius 3 is 0.821 bits per heavy atom. The number of hydrogen-bond donors (Lipinski definition) is 0. The molecule has 5 heteroatoms. The van der Waals surface area contributed by atoms with Gasteiger partial charge in [-0.05, 0) is 12.8 Å². The van der Waals surface area contributed by atoms with Crippen LogP contribution in [0.1, 0.15) is 194 Å². The van der Waals surface area contributed by atoms with E-state index in [4.69, 9.17) is 9.68 Å². The molecule has 0 spiro atoms. The molecule has 0 aromatic carbocycles. The van der Waals surface area contributed by atoms with Gasteiger partial charge in [0.05, 0.1) is 12.8 Å². The van der Waals surface area contributed by atoms with Crippen LogP contribution in [0.3, 0.4) is 0 Å². The van der Waals surface area contributed by atoms with Crippen molar-refractivity contribution in [1.82, 2.24) is 0 Å². The highest BCUT2D eigenvalue weighted by molar-refractivity contribution is 5.69. The van der Waals surface area contributed by atoms with E-state index >= 15 is 0 Å². The minimum Gasteiger partial charge on any atom is -0.245 e. The van der Waals surface area contributed by atoms with Crippen molar-refractivity contribution in [3.8, 4) is 0 Å². The largest absolute Gasteiger partial charge is 0.372 e. The Morgan fingerprint density at radius 2 is 0.590 bits per heavy atom. The van der Waals surface area contributed by atoms with Crippen molar-refractivity contribution < 1.29 is 24.1 Å². The van der Waals surface area contributed by atoms with Crippen LogP contribution in [-0.4, -0.2) is 30.8 Å². The second-order valence-electron chi connectivity index (χ2n) is 12.2. The molecule has 0 amide bonds. The van der Waals surface area contributed by atoms with Crippen LogP contribution < -0.4 is 0 Å². The lowest BCUT2D eigenvalue weighted by atomic mass is 10.0. The fraction of sp³-hybridized carbons (Fsp3) is 0.941. The van der Waals surface area contributed by atoms with Crippen LogP contribution in [0.15, 0.2) is 0 Å². The quantitative estimate of drug-likeness (QED) is 0.0503. The Balaban J connectivity index is 3.56. The van der Waals surface area contributed by atoms with E-state index in [1.54, 1.807) is 14.1 Å². The second kappa shape index (κ2) is 28.4. The van der Waals surface area contributed by atoms with Crippen LogP contribution >= 0.6 is 0 Å². The molecule has 0 aliphatic heterocycles. The highest BCUT2D eigenvalue weighted by atomic mass is 17.0. The molecular weight excluding hydrogens is 486 g/mol. The molecule has 0 rings (SSSR count). The van der Waals surface area contributed by atoms with Crippen LogP contribution in [-0.2, 0) is 19.3 Å². The van der Waals surface area contributed by atoms with Crippen LogP contribution in [0.2, 0.25) is 0 Å². The highest BCUT2D eigenvalue weighted by Gasteiger charge is 2.27. The van der Waals surface area contributed by atoms with Gasteiger partial charge >= 0.3 is 11.9 Å². The maximum atomic E-state index is 12.2. The molecule has 0 aliphatic carbocycles. The predicted molar refractivity (Wildman–Crippen MR) is 165 cm³/mol. The lowest BCUT2D eigenvalue weighted by Crippen LogP contribution is -2.43. The van der Waals surface area contributed by atoms with Crippen molar-refractivity contribution in [2.75, 3.05) is 14.1 Å². The molecule has 0 N–H and O–H groups in total. The molecule has 5 nitrogen and oxygen atoms in total. The second-order valence-corrected chi connectivity index (χ2v) is 12.2. The van der Waals surface area contributed by atoms with E-state index in [0.717, 1.165) is 25.7 Å². The zero-order valence-corrected chi connectivity index (χ0v) is 26.9. The third-order valence-electron chi connectivity index (χ3n) is 7.61. The highest BCUT2D eigenvalue weighted by Crippen LogP contribution is 2.15. The third-order valence-corrected chi connectivity index (χ3v) is 7.61. The van der Waals surface area contributed by atoms with E-state index in [9.17, 15) is 9.59 Å². The van der Waals surface area contributed by atoms with Gasteiger partial charge in [-0.2, -0.15) is 0 Å². The first-order valence-corrected chi connectivity index (χ1v) is 17.2. The molecule has 0 radical (unpaired) electrons. The van der Waals surface area contributed by atoms with Crippen molar-refractivity contribution in [3.05, 3.63) is 0 Å². The van der Waals surface area contributed by atoms with Crippen molar-refractivity contribution in [1.29, 1.82) is 0 Å². The van der Waals surface area contributed by atoms with Crippen molar-refractivity contribution in [3.63, 3.8) is 0 Å². The van der Waals surface area contributed by atoms with Crippen LogP contribution in [0.25, 0.3) is 0 Å². The third kappa shape index (κ3) is 29.7. The van der Waals surface area contributed by atoms with E-state index in [-0.39, 0.29) is 11.9 Å². The molecule has 0 saturated carbocycles. The van der Waals surface area contributed by atoms with Gasteiger partial charge in [-0.1, -0.05) is 168 Å². The summed E-state index contributed by atoms with van der Waals surface area (Å²) in [4.78, 5) is 34.7. The van der Waals surface area contributed by atoms with Crippen LogP contribution in [0.5, 0.6) is 0 Å². The monoisotopic (exact) mass is 555 g/mol. The molecule has 0 bridgehead atoms. The minimum atomic E-state index is -0.478. The fourth-order valence-corrected chi connectivity index (χ4v) is 5.17. The first-order chi connectivity index (χ1) is 18.9. The standard InChI is InChI=1S/C34H68NO4/c1-5-7-9-11-13-15-17-19-21-23-25-27-29-31-33(36)38-35(3,4)39-34(37)32-30-28-26-24-22-20-18-16-14-12-10-8-6-2/h5-32H2,1-4H3/q+1. The molecule has 0 atom stereocenters. The van der Waals surface area contributed by atoms with E-state index in [0.29, 0.717) is 12.8 Å². The summed E-state index contributed by atoms with van der Waals surface area (Å²) < 4.78 is 0. The van der Waals surface area contributed by atoms with Gasteiger partial charge in [0.1, 0.15) is 0 Å². The molecule has 0 fully saturated rings. The molecule has 39 heavy (non-hydrogen) atoms. The number of carbonyl (C=O) groups is 2. The summed E-state index contributed by atoms with van der Waals surface area (Å²) in [5.41, 5.74) is 0. The normalized spacial score (nSPS) is 11.6. The topological polar surface area (TPSA) is 52.6 Å². The Hall–Kier alpha value is -1.10. The molecule has 0 heterocycles. The lowest BCUT2D eigenvalue weighted by molar-refractivity contribution is -1.20. The molecule has 0 unspecified atom stereocenters. The first kappa shape index (κ1) is 37.9. The Morgan fingerprint density at radius 1 is 0.385 bits per heavy atom. The summed E-state index contributed by atoms with van der Waals surface area (Å²) in [5, 5.41) is 0. The van der Waals surface area contributed by atoms with Gasteiger partial charge in [-0.15, -0.1) is 0 Å². The molecule has 0 saturated heterocycles. The van der Waals surface area contributed by atoms with Gasteiger partial charge in [0.2, 0.25) is 0 Å². The van der Waals surface area contributed by atoms with Gasteiger partial charge in [0, 0.05) is 4.81 Å². The van der Waals surface area contributed by atoms with Gasteiger partial charge in [-0.3, -0.25) is 0 Å². The number of nitrogens with zero attached hydrogens (tertiary/aromatic N) is 1. The summed E-state index contributed by atoms with van der Waals surface area (Å²) in [6.07, 6.45) is 34.0. The fourth-order valence-electron chi connectivity index (χ4n) is 5.17. The van der Waals surface area contributed by atoms with Gasteiger partial charge in [-0.25, -0.2) is 19.3 Å². The Bertz CT molecular complexity index is 503. The average Bonchev–Trinajstić information content (AvgIpc) is 2.88. The smallest absolute Gasteiger partial charge is 0.245 e. The van der Waals surface area contributed by atoms with E-state index < -0.39 is 4.81 Å². The van der Waals surface area contributed by atoms with E-state index in [2.05, 4.69) is 13.8 Å². The molecule has 232 valence electrons. The van der Waals surface area contributed by atoms with Crippen LogP contribution in [0, 0.1) is 0 Å². The molecule has 0 aromatic rings.